The van der Waals surface area contributed by atoms with Crippen molar-refractivity contribution in [3.05, 3.63) is 36.0 Å². The molecule has 0 aliphatic rings. The van der Waals surface area contributed by atoms with E-state index in [0.717, 1.165) is 0 Å². The predicted octanol–water partition coefficient (Wildman–Crippen LogP) is 3.43. The van der Waals surface area contributed by atoms with Gasteiger partial charge in [0.1, 0.15) is 17.1 Å². The van der Waals surface area contributed by atoms with Gasteiger partial charge in [0.05, 0.1) is 6.61 Å². The molecule has 0 unspecified atom stereocenters. The van der Waals surface area contributed by atoms with Crippen LogP contribution in [0.4, 0.5) is 11.5 Å². The minimum atomic E-state index is -0.494. The van der Waals surface area contributed by atoms with Crippen LogP contribution in [0, 0.1) is 0 Å². The van der Waals surface area contributed by atoms with E-state index < -0.39 is 5.97 Å². The van der Waals surface area contributed by atoms with E-state index in [1.165, 1.54) is 18.0 Å². The summed E-state index contributed by atoms with van der Waals surface area (Å²) in [4.78, 5) is 31.8. The van der Waals surface area contributed by atoms with Gasteiger partial charge in [0.2, 0.25) is 0 Å². The molecule has 8 heteroatoms. The van der Waals surface area contributed by atoms with Gasteiger partial charge in [-0.3, -0.25) is 4.79 Å². The summed E-state index contributed by atoms with van der Waals surface area (Å²) in [6, 6.07) is 6.79. The number of nitrogens with one attached hydrogen (secondary N) is 1. The largest absolute Gasteiger partial charge is 0.462 e. The molecule has 2 aromatic rings. The number of anilines is 2. The van der Waals surface area contributed by atoms with Gasteiger partial charge in [-0.1, -0.05) is 18.7 Å². The molecule has 0 bridgehead atoms. The molecule has 0 atom stereocenters. The molecular weight excluding hydrogens is 342 g/mol. The second-order valence-electron chi connectivity index (χ2n) is 4.82. The standard InChI is InChI=1S/C17H19N3O4S/c1-4-14(21)24-12-8-6-11(7-9-12)19-15-13(16(22)23-5-2)10-18-17(20-15)25-3/h6-10H,4-5H2,1-3H3,(H,18,19,20). The fourth-order valence-corrected chi connectivity index (χ4v) is 2.20. The number of carbonyl (C=O) groups is 2. The zero-order valence-electron chi connectivity index (χ0n) is 14.2. The molecule has 0 radical (unpaired) electrons. The lowest BCUT2D eigenvalue weighted by atomic mass is 10.2. The Balaban J connectivity index is 2.23. The maximum absolute atomic E-state index is 12.1. The number of benzene rings is 1. The molecule has 0 saturated carbocycles. The molecule has 0 amide bonds. The maximum Gasteiger partial charge on any atom is 0.343 e. The van der Waals surface area contributed by atoms with Gasteiger partial charge in [-0.05, 0) is 37.4 Å². The minimum absolute atomic E-state index is 0.251. The SMILES string of the molecule is CCOC(=O)c1cnc(SC)nc1Nc1ccc(OC(=O)CC)cc1. The Labute approximate surface area is 150 Å². The third kappa shape index (κ3) is 5.18. The summed E-state index contributed by atoms with van der Waals surface area (Å²) in [5.74, 6) is 0.0171. The normalized spacial score (nSPS) is 10.2. The van der Waals surface area contributed by atoms with Crippen molar-refractivity contribution in [1.82, 2.24) is 9.97 Å². The van der Waals surface area contributed by atoms with Crippen LogP contribution in [0.5, 0.6) is 5.75 Å². The van der Waals surface area contributed by atoms with Crippen LogP contribution < -0.4 is 10.1 Å². The number of carbonyl (C=O) groups excluding carboxylic acids is 2. The van der Waals surface area contributed by atoms with Crippen LogP contribution in [0.25, 0.3) is 0 Å². The lowest BCUT2D eigenvalue weighted by Gasteiger charge is -2.11. The van der Waals surface area contributed by atoms with Crippen molar-refractivity contribution < 1.29 is 19.1 Å². The van der Waals surface area contributed by atoms with Crippen molar-refractivity contribution in [2.45, 2.75) is 25.4 Å². The van der Waals surface area contributed by atoms with E-state index in [1.807, 2.05) is 6.26 Å². The number of esters is 2. The Morgan fingerprint density at radius 3 is 2.52 bits per heavy atom. The quantitative estimate of drug-likeness (QED) is 0.347. The molecular formula is C17H19N3O4S. The first-order valence-electron chi connectivity index (χ1n) is 7.73. The number of hydrogen-bond donors (Lipinski definition) is 1. The lowest BCUT2D eigenvalue weighted by molar-refractivity contribution is -0.134. The molecule has 0 fully saturated rings. The van der Waals surface area contributed by atoms with Crippen LogP contribution in [0.2, 0.25) is 0 Å². The number of nitrogens with zero attached hydrogens (tertiary/aromatic N) is 2. The highest BCUT2D eigenvalue weighted by atomic mass is 32.2. The van der Waals surface area contributed by atoms with Crippen LogP contribution in [-0.4, -0.2) is 34.8 Å². The molecule has 2 rings (SSSR count). The van der Waals surface area contributed by atoms with Gasteiger partial charge < -0.3 is 14.8 Å². The molecule has 1 aromatic carbocycles. The van der Waals surface area contributed by atoms with E-state index in [2.05, 4.69) is 15.3 Å². The van der Waals surface area contributed by atoms with Gasteiger partial charge in [-0.15, -0.1) is 0 Å². The van der Waals surface area contributed by atoms with Crippen LogP contribution in [0.1, 0.15) is 30.6 Å². The summed E-state index contributed by atoms with van der Waals surface area (Å²) in [7, 11) is 0. The van der Waals surface area contributed by atoms with Crippen molar-refractivity contribution in [1.29, 1.82) is 0 Å². The van der Waals surface area contributed by atoms with E-state index >= 15 is 0 Å². The second-order valence-corrected chi connectivity index (χ2v) is 5.59. The van der Waals surface area contributed by atoms with Gasteiger partial charge in [0.25, 0.3) is 0 Å². The average Bonchev–Trinajstić information content (AvgIpc) is 2.63. The van der Waals surface area contributed by atoms with Crippen molar-refractivity contribution in [2.75, 3.05) is 18.2 Å². The topological polar surface area (TPSA) is 90.4 Å². The second kappa shape index (κ2) is 9.03. The van der Waals surface area contributed by atoms with E-state index in [0.29, 0.717) is 28.8 Å². The van der Waals surface area contributed by atoms with E-state index in [-0.39, 0.29) is 18.1 Å². The smallest absolute Gasteiger partial charge is 0.343 e. The summed E-state index contributed by atoms with van der Waals surface area (Å²) in [6.07, 6.45) is 3.60. The average molecular weight is 361 g/mol. The summed E-state index contributed by atoms with van der Waals surface area (Å²) in [6.45, 7) is 3.73. The Morgan fingerprint density at radius 2 is 1.92 bits per heavy atom. The highest BCUT2D eigenvalue weighted by Gasteiger charge is 2.16. The molecule has 1 N–H and O–H groups in total. The highest BCUT2D eigenvalue weighted by molar-refractivity contribution is 7.98. The van der Waals surface area contributed by atoms with Crippen LogP contribution >= 0.6 is 11.8 Å². The first kappa shape index (κ1) is 18.7. The molecule has 25 heavy (non-hydrogen) atoms. The van der Waals surface area contributed by atoms with E-state index in [4.69, 9.17) is 9.47 Å². The fraction of sp³-hybridized carbons (Fsp3) is 0.294. The number of hydrogen-bond acceptors (Lipinski definition) is 8. The zero-order chi connectivity index (χ0) is 18.2. The van der Waals surface area contributed by atoms with Crippen molar-refractivity contribution in [2.24, 2.45) is 0 Å². The number of aromatic nitrogens is 2. The Kier molecular flexibility index (Phi) is 6.76. The van der Waals surface area contributed by atoms with Crippen molar-refractivity contribution in [3.63, 3.8) is 0 Å². The minimum Gasteiger partial charge on any atom is -0.462 e. The Hall–Kier alpha value is -2.61. The number of ether oxygens (including phenoxy) is 2. The first-order chi connectivity index (χ1) is 12.1. The van der Waals surface area contributed by atoms with Crippen LogP contribution in [0.3, 0.4) is 0 Å². The summed E-state index contributed by atoms with van der Waals surface area (Å²) >= 11 is 1.37. The van der Waals surface area contributed by atoms with Crippen molar-refractivity contribution >= 4 is 35.2 Å². The lowest BCUT2D eigenvalue weighted by Crippen LogP contribution is -2.11. The van der Waals surface area contributed by atoms with Gasteiger partial charge in [0, 0.05) is 18.3 Å². The molecule has 1 heterocycles. The maximum atomic E-state index is 12.1. The third-order valence-corrected chi connectivity index (χ3v) is 3.64. The summed E-state index contributed by atoms with van der Waals surface area (Å²) < 4.78 is 10.2. The fourth-order valence-electron chi connectivity index (χ4n) is 1.86. The summed E-state index contributed by atoms with van der Waals surface area (Å²) in [5.41, 5.74) is 0.939. The zero-order valence-corrected chi connectivity index (χ0v) is 15.1. The molecule has 0 spiro atoms. The van der Waals surface area contributed by atoms with Gasteiger partial charge in [0.15, 0.2) is 5.16 Å². The van der Waals surface area contributed by atoms with E-state index in [9.17, 15) is 9.59 Å². The number of thioether (sulfide) groups is 1. The van der Waals surface area contributed by atoms with Gasteiger partial charge >= 0.3 is 11.9 Å². The van der Waals surface area contributed by atoms with Gasteiger partial charge in [-0.25, -0.2) is 14.8 Å². The molecule has 0 aliphatic heterocycles. The predicted molar refractivity (Wildman–Crippen MR) is 95.4 cm³/mol. The molecule has 0 saturated heterocycles. The Bertz CT molecular complexity index is 750. The molecule has 0 aliphatic carbocycles. The molecule has 1 aromatic heterocycles. The van der Waals surface area contributed by atoms with Crippen LogP contribution in [-0.2, 0) is 9.53 Å². The Morgan fingerprint density at radius 1 is 1.20 bits per heavy atom. The summed E-state index contributed by atoms with van der Waals surface area (Å²) in [5, 5.41) is 3.61. The van der Waals surface area contributed by atoms with Crippen molar-refractivity contribution in [3.8, 4) is 5.75 Å². The van der Waals surface area contributed by atoms with Crippen LogP contribution in [0.15, 0.2) is 35.6 Å². The monoisotopic (exact) mass is 361 g/mol. The molecule has 7 nitrogen and oxygen atoms in total. The third-order valence-electron chi connectivity index (χ3n) is 3.08. The molecule has 132 valence electrons. The number of rotatable bonds is 7. The van der Waals surface area contributed by atoms with E-state index in [1.54, 1.807) is 38.1 Å². The highest BCUT2D eigenvalue weighted by Crippen LogP contribution is 2.23. The first-order valence-corrected chi connectivity index (χ1v) is 8.95. The van der Waals surface area contributed by atoms with Gasteiger partial charge in [-0.2, -0.15) is 0 Å².